The van der Waals surface area contributed by atoms with Gasteiger partial charge in [-0.25, -0.2) is 0 Å². The Balaban J connectivity index is 0.000000195. The third-order valence-corrected chi connectivity index (χ3v) is 7.58. The van der Waals surface area contributed by atoms with Gasteiger partial charge in [0.05, 0.1) is 0 Å². The first-order chi connectivity index (χ1) is 20.2. The van der Waals surface area contributed by atoms with Gasteiger partial charge in [0.2, 0.25) is 0 Å². The van der Waals surface area contributed by atoms with E-state index in [1.165, 1.54) is 77.2 Å². The van der Waals surface area contributed by atoms with E-state index in [-0.39, 0.29) is 0 Å². The number of aryl methyl sites for hydroxylation is 4. The van der Waals surface area contributed by atoms with Gasteiger partial charge in [-0.1, -0.05) is 86.6 Å². The molecule has 6 rings (SSSR count). The van der Waals surface area contributed by atoms with Crippen LogP contribution in [0.4, 0.5) is 0 Å². The van der Waals surface area contributed by atoms with E-state index < -0.39 is 20.8 Å². The second kappa shape index (κ2) is 16.6. The van der Waals surface area contributed by atoms with Crippen LogP contribution in [0, 0.1) is 41.5 Å². The molecule has 0 nitrogen and oxygen atoms in total. The molecule has 0 atom stereocenters. The van der Waals surface area contributed by atoms with Crippen molar-refractivity contribution in [2.45, 2.75) is 54.6 Å². The zero-order valence-corrected chi connectivity index (χ0v) is 31.0. The van der Waals surface area contributed by atoms with E-state index in [1.54, 1.807) is 0 Å². The van der Waals surface area contributed by atoms with E-state index in [0.717, 1.165) is 9.52 Å². The molecule has 0 aromatic heterocycles. The molecule has 2 radical (unpaired) electrons. The summed E-state index contributed by atoms with van der Waals surface area (Å²) in [5.41, 5.74) is 13.5. The van der Waals surface area contributed by atoms with Crippen LogP contribution in [-0.2, 0) is 20.8 Å². The Labute approximate surface area is 274 Å². The van der Waals surface area contributed by atoms with Crippen LogP contribution in [-0.4, -0.2) is 9.52 Å². The van der Waals surface area contributed by atoms with Crippen molar-refractivity contribution in [2.24, 2.45) is 0 Å². The summed E-state index contributed by atoms with van der Waals surface area (Å²) < 4.78 is 0. The average Bonchev–Trinajstić information content (AvgIpc) is 3.54. The van der Waals surface area contributed by atoms with Crippen molar-refractivity contribution in [3.63, 3.8) is 0 Å². The molecule has 0 fully saturated rings. The van der Waals surface area contributed by atoms with Crippen LogP contribution < -0.4 is 0 Å². The number of rotatable bonds is 2. The van der Waals surface area contributed by atoms with E-state index in [4.69, 9.17) is 17.0 Å². The third-order valence-electron chi connectivity index (χ3n) is 7.58. The summed E-state index contributed by atoms with van der Waals surface area (Å²) >= 11 is -0.826. The first-order valence-corrected chi connectivity index (χ1v) is 22.5. The van der Waals surface area contributed by atoms with Gasteiger partial charge in [-0.15, -0.1) is 69.1 Å². The Morgan fingerprint density at radius 2 is 0.833 bits per heavy atom. The van der Waals surface area contributed by atoms with Crippen molar-refractivity contribution in [3.05, 3.63) is 130 Å². The van der Waals surface area contributed by atoms with Crippen LogP contribution in [0.3, 0.4) is 0 Å². The number of hydrogen-bond donors (Lipinski definition) is 0. The van der Waals surface area contributed by atoms with Crippen LogP contribution in [0.25, 0.3) is 43.8 Å². The molecule has 0 aliphatic rings. The van der Waals surface area contributed by atoms with Crippen molar-refractivity contribution in [1.82, 2.24) is 0 Å². The van der Waals surface area contributed by atoms with Crippen LogP contribution in [0.1, 0.15) is 33.4 Å². The number of halogens is 2. The topological polar surface area (TPSA) is 0 Å². The maximum atomic E-state index is 4.93. The molecule has 0 saturated carbocycles. The summed E-state index contributed by atoms with van der Waals surface area (Å²) in [5, 5.41) is 5.41. The van der Waals surface area contributed by atoms with Gasteiger partial charge in [-0.2, -0.15) is 12.1 Å². The Hall–Kier alpha value is -2.22. The zero-order valence-electron chi connectivity index (χ0n) is 26.0. The van der Waals surface area contributed by atoms with Crippen LogP contribution >= 0.6 is 17.0 Å². The Morgan fingerprint density at radius 1 is 0.524 bits per heavy atom. The molecule has 0 unspecified atom stereocenters. The Bertz CT molecular complexity index is 1610. The maximum absolute atomic E-state index is 4.93. The first kappa shape index (κ1) is 34.3. The first-order valence-electron chi connectivity index (χ1n) is 14.2. The van der Waals surface area contributed by atoms with E-state index in [2.05, 4.69) is 152 Å². The fourth-order valence-electron chi connectivity index (χ4n) is 5.32. The molecule has 0 spiro atoms. The van der Waals surface area contributed by atoms with Crippen LogP contribution in [0.2, 0.25) is 13.1 Å². The van der Waals surface area contributed by atoms with Gasteiger partial charge >= 0.3 is 37.9 Å². The molecule has 214 valence electrons. The Morgan fingerprint density at radius 3 is 1.19 bits per heavy atom. The second-order valence-electron chi connectivity index (χ2n) is 10.7. The summed E-state index contributed by atoms with van der Waals surface area (Å²) in [5.74, 6) is 0. The minimum absolute atomic E-state index is 0.826. The van der Waals surface area contributed by atoms with Gasteiger partial charge in [0.15, 0.2) is 0 Å². The van der Waals surface area contributed by atoms with Gasteiger partial charge in [-0.3, -0.25) is 0 Å². The number of fused-ring (bicyclic) bond motifs is 2. The molecule has 4 heteroatoms. The summed E-state index contributed by atoms with van der Waals surface area (Å²) in [4.78, 5) is 0. The van der Waals surface area contributed by atoms with Crippen LogP contribution in [0.5, 0.6) is 0 Å². The SMILES string of the molecule is C[Si]C.Cc1cc2c(-c3cccc(C)c3C)cccc2[cH-]1.Cc1cc2c(-c3cccc(C)c3C)cccc2[cH-]1.[Cl][Zr+2][Cl]. The van der Waals surface area contributed by atoms with Gasteiger partial charge in [-0.05, 0) is 61.1 Å². The van der Waals surface area contributed by atoms with Gasteiger partial charge in [0.1, 0.15) is 0 Å². The van der Waals surface area contributed by atoms with Crippen molar-refractivity contribution in [2.75, 3.05) is 0 Å². The van der Waals surface area contributed by atoms with Gasteiger partial charge < -0.3 is 0 Å². The van der Waals surface area contributed by atoms with Gasteiger partial charge in [0, 0.05) is 9.52 Å². The summed E-state index contributed by atoms with van der Waals surface area (Å²) in [6.45, 7) is 17.4. The predicted octanol–water partition coefficient (Wildman–Crippen LogP) is 12.5. The third kappa shape index (κ3) is 8.45. The molecule has 0 aliphatic carbocycles. The quantitative estimate of drug-likeness (QED) is 0.126. The van der Waals surface area contributed by atoms with Gasteiger partial charge in [0.25, 0.3) is 0 Å². The van der Waals surface area contributed by atoms with Crippen molar-refractivity contribution < 1.29 is 20.8 Å². The molecule has 0 saturated heterocycles. The molecule has 0 aliphatic heterocycles. The Kier molecular flexibility index (Phi) is 13.5. The molecular formula is C38H40Cl2SiZr. The number of benzene rings is 4. The molecule has 0 bridgehead atoms. The summed E-state index contributed by atoms with van der Waals surface area (Å²) in [6, 6.07) is 35.3. The minimum atomic E-state index is -0.826. The average molecular weight is 687 g/mol. The molecular weight excluding hydrogens is 647 g/mol. The standard InChI is InChI=1S/2C18H17.C2H6Si.2ClH.Zr/c2*1-12-10-15-7-5-9-17(18(15)11-12)16-8-4-6-13(2)14(16)3;1-3-2;;;/h2*4-11H,1-3H3;1-2H3;2*1H;/q2*-1;;;;+4/p-2. The van der Waals surface area contributed by atoms with E-state index in [0.29, 0.717) is 0 Å². The number of hydrogen-bond acceptors (Lipinski definition) is 0. The van der Waals surface area contributed by atoms with E-state index in [1.807, 2.05) is 0 Å². The van der Waals surface area contributed by atoms with Crippen LogP contribution in [0.15, 0.2) is 97.1 Å². The van der Waals surface area contributed by atoms with Crippen molar-refractivity contribution in [1.29, 1.82) is 0 Å². The normalized spacial score (nSPS) is 10.1. The molecule has 6 aromatic carbocycles. The van der Waals surface area contributed by atoms with Crippen molar-refractivity contribution >= 4 is 48.1 Å². The fraction of sp³-hybridized carbons (Fsp3) is 0.211. The summed E-state index contributed by atoms with van der Waals surface area (Å²) in [7, 11) is 11.0. The molecule has 42 heavy (non-hydrogen) atoms. The second-order valence-corrected chi connectivity index (χ2v) is 15.5. The molecule has 6 aromatic rings. The zero-order chi connectivity index (χ0) is 30.8. The summed E-state index contributed by atoms with van der Waals surface area (Å²) in [6.07, 6.45) is 0. The van der Waals surface area contributed by atoms with E-state index in [9.17, 15) is 0 Å². The fourth-order valence-corrected chi connectivity index (χ4v) is 5.32. The van der Waals surface area contributed by atoms with E-state index >= 15 is 0 Å². The molecule has 0 heterocycles. The molecule has 0 N–H and O–H groups in total. The monoisotopic (exact) mass is 684 g/mol. The molecule has 0 amide bonds. The predicted molar refractivity (Wildman–Crippen MR) is 188 cm³/mol. The van der Waals surface area contributed by atoms with Crippen molar-refractivity contribution in [3.8, 4) is 22.3 Å².